The molecule has 0 saturated carbocycles. The van der Waals surface area contributed by atoms with Crippen molar-refractivity contribution in [2.45, 2.75) is 18.6 Å². The number of carbonyl (C=O) groups is 1. The first kappa shape index (κ1) is 19.5. The summed E-state index contributed by atoms with van der Waals surface area (Å²) in [4.78, 5) is 21.1. The molecule has 3 aromatic rings. The van der Waals surface area contributed by atoms with Crippen molar-refractivity contribution in [3.8, 4) is 11.4 Å². The Morgan fingerprint density at radius 1 is 1.14 bits per heavy atom. The van der Waals surface area contributed by atoms with E-state index in [1.54, 1.807) is 42.7 Å². The molecule has 0 aliphatic carbocycles. The summed E-state index contributed by atoms with van der Waals surface area (Å²) in [5, 5.41) is 6.71. The van der Waals surface area contributed by atoms with E-state index in [2.05, 4.69) is 20.2 Å². The number of para-hydroxylation sites is 1. The van der Waals surface area contributed by atoms with E-state index >= 15 is 0 Å². The molecular formula is C18H17F3N6O. The fraction of sp³-hybridized carbons (Fsp3) is 0.222. The van der Waals surface area contributed by atoms with Crippen LogP contribution >= 0.6 is 0 Å². The predicted molar refractivity (Wildman–Crippen MR) is 96.0 cm³/mol. The van der Waals surface area contributed by atoms with Gasteiger partial charge >= 0.3 is 12.1 Å². The summed E-state index contributed by atoms with van der Waals surface area (Å²) < 4.78 is 39.9. The number of benzene rings is 1. The number of nitrogens with two attached hydrogens (primary N) is 1. The van der Waals surface area contributed by atoms with Crippen LogP contribution in [0.4, 0.5) is 18.9 Å². The van der Waals surface area contributed by atoms with E-state index in [0.717, 1.165) is 0 Å². The van der Waals surface area contributed by atoms with Crippen LogP contribution in [-0.4, -0.2) is 38.8 Å². The number of halogens is 3. The molecular weight excluding hydrogens is 373 g/mol. The summed E-state index contributed by atoms with van der Waals surface area (Å²) in [5.74, 6) is -1.61. The summed E-state index contributed by atoms with van der Waals surface area (Å²) in [7, 11) is 0. The molecule has 0 aliphatic heterocycles. The van der Waals surface area contributed by atoms with Crippen LogP contribution in [0.2, 0.25) is 0 Å². The van der Waals surface area contributed by atoms with Crippen LogP contribution in [0.5, 0.6) is 0 Å². The van der Waals surface area contributed by atoms with Gasteiger partial charge in [-0.2, -0.15) is 18.3 Å². The van der Waals surface area contributed by atoms with Crippen molar-refractivity contribution in [3.05, 3.63) is 60.7 Å². The number of H-pyrrole nitrogens is 1. The van der Waals surface area contributed by atoms with Crippen molar-refractivity contribution in [2.24, 2.45) is 5.73 Å². The Balaban J connectivity index is 2.04. The van der Waals surface area contributed by atoms with Gasteiger partial charge in [-0.15, -0.1) is 0 Å². The first-order valence-corrected chi connectivity index (χ1v) is 8.40. The second kappa shape index (κ2) is 8.17. The van der Waals surface area contributed by atoms with Crippen LogP contribution in [0, 0.1) is 0 Å². The molecule has 0 radical (unpaired) electrons. The van der Waals surface area contributed by atoms with Crippen molar-refractivity contribution >= 4 is 11.6 Å². The van der Waals surface area contributed by atoms with Gasteiger partial charge < -0.3 is 5.73 Å². The fourth-order valence-corrected chi connectivity index (χ4v) is 2.76. The summed E-state index contributed by atoms with van der Waals surface area (Å²) in [6.07, 6.45) is -1.91. The summed E-state index contributed by atoms with van der Waals surface area (Å²) >= 11 is 0. The molecule has 0 fully saturated rings. The number of nitrogens with one attached hydrogen (secondary N) is 1. The lowest BCUT2D eigenvalue weighted by Gasteiger charge is -2.30. The lowest BCUT2D eigenvalue weighted by Crippen LogP contribution is -2.44. The van der Waals surface area contributed by atoms with Gasteiger partial charge in [-0.1, -0.05) is 18.2 Å². The van der Waals surface area contributed by atoms with Crippen LogP contribution in [-0.2, 0) is 4.79 Å². The van der Waals surface area contributed by atoms with Crippen LogP contribution in [0.25, 0.3) is 11.4 Å². The Bertz CT molecular complexity index is 914. The maximum Gasteiger partial charge on any atom is 0.471 e. The minimum atomic E-state index is -5.06. The minimum Gasteiger partial charge on any atom is -0.330 e. The van der Waals surface area contributed by atoms with Crippen LogP contribution in [0.1, 0.15) is 18.3 Å². The zero-order valence-electron chi connectivity index (χ0n) is 14.6. The van der Waals surface area contributed by atoms with Gasteiger partial charge in [0.2, 0.25) is 0 Å². The first-order valence-electron chi connectivity index (χ1n) is 8.40. The summed E-state index contributed by atoms with van der Waals surface area (Å²) in [6, 6.07) is 9.86. The number of hydrogen-bond donors (Lipinski definition) is 2. The second-order valence-electron chi connectivity index (χ2n) is 5.88. The molecule has 2 aromatic heterocycles. The molecule has 0 spiro atoms. The van der Waals surface area contributed by atoms with Crippen molar-refractivity contribution in [1.82, 2.24) is 20.2 Å². The lowest BCUT2D eigenvalue weighted by atomic mass is 10.1. The highest BCUT2D eigenvalue weighted by molar-refractivity contribution is 5.97. The maximum absolute atomic E-state index is 13.3. The van der Waals surface area contributed by atoms with Gasteiger partial charge in [0.1, 0.15) is 5.82 Å². The third-order valence-electron chi connectivity index (χ3n) is 4.00. The van der Waals surface area contributed by atoms with E-state index in [-0.39, 0.29) is 30.3 Å². The first-order chi connectivity index (χ1) is 13.4. The third-order valence-corrected chi connectivity index (χ3v) is 4.00. The molecule has 0 bridgehead atoms. The highest BCUT2D eigenvalue weighted by Gasteiger charge is 2.46. The van der Waals surface area contributed by atoms with Gasteiger partial charge in [0, 0.05) is 23.6 Å². The second-order valence-corrected chi connectivity index (χ2v) is 5.88. The van der Waals surface area contributed by atoms with E-state index in [9.17, 15) is 18.0 Å². The molecule has 3 rings (SSSR count). The zero-order chi connectivity index (χ0) is 20.1. The van der Waals surface area contributed by atoms with E-state index in [1.165, 1.54) is 12.1 Å². The van der Waals surface area contributed by atoms with E-state index in [0.29, 0.717) is 10.5 Å². The molecule has 1 aromatic carbocycles. The number of amides is 1. The molecule has 7 nitrogen and oxygen atoms in total. The zero-order valence-corrected chi connectivity index (χ0v) is 14.6. The van der Waals surface area contributed by atoms with Gasteiger partial charge in [-0.3, -0.25) is 19.8 Å². The minimum absolute atomic E-state index is 0.0461. The number of hydrogen-bond acceptors (Lipinski definition) is 5. The van der Waals surface area contributed by atoms with Gasteiger partial charge in [0.05, 0.1) is 6.04 Å². The standard InChI is InChI=1S/C18H17F3N6O/c19-18(20,21)17(28)27(13-4-2-1-3-5-13)14(6-9-22)16-24-15(25-26-16)12-7-10-23-11-8-12/h1-5,7-8,10-11,14H,6,9,22H2,(H,24,25,26). The Morgan fingerprint density at radius 2 is 1.82 bits per heavy atom. The number of aromatic amines is 1. The Hall–Kier alpha value is -3.27. The third kappa shape index (κ3) is 4.17. The molecule has 146 valence electrons. The predicted octanol–water partition coefficient (Wildman–Crippen LogP) is 2.85. The number of nitrogens with zero attached hydrogens (tertiary/aromatic N) is 4. The van der Waals surface area contributed by atoms with Crippen LogP contribution in [0.3, 0.4) is 0 Å². The number of pyridine rings is 1. The Morgan fingerprint density at radius 3 is 2.43 bits per heavy atom. The largest absolute Gasteiger partial charge is 0.471 e. The van der Waals surface area contributed by atoms with Crippen molar-refractivity contribution in [1.29, 1.82) is 0 Å². The number of rotatable bonds is 6. The molecule has 0 saturated heterocycles. The molecule has 10 heteroatoms. The smallest absolute Gasteiger partial charge is 0.330 e. The number of anilines is 1. The molecule has 1 unspecified atom stereocenters. The molecule has 3 N–H and O–H groups in total. The van der Waals surface area contributed by atoms with Crippen LogP contribution in [0.15, 0.2) is 54.9 Å². The van der Waals surface area contributed by atoms with Gasteiger partial charge in [0.25, 0.3) is 0 Å². The van der Waals surface area contributed by atoms with E-state index in [1.807, 2.05) is 0 Å². The number of aromatic nitrogens is 4. The molecule has 28 heavy (non-hydrogen) atoms. The summed E-state index contributed by atoms with van der Waals surface area (Å²) in [5.41, 5.74) is 6.34. The fourth-order valence-electron chi connectivity index (χ4n) is 2.76. The van der Waals surface area contributed by atoms with Gasteiger partial charge in [-0.05, 0) is 37.2 Å². The van der Waals surface area contributed by atoms with E-state index in [4.69, 9.17) is 5.73 Å². The molecule has 0 aliphatic rings. The average Bonchev–Trinajstić information content (AvgIpc) is 3.18. The van der Waals surface area contributed by atoms with E-state index < -0.39 is 18.1 Å². The summed E-state index contributed by atoms with van der Waals surface area (Å²) in [6.45, 7) is 0.0461. The lowest BCUT2D eigenvalue weighted by molar-refractivity contribution is -0.171. The number of alkyl halides is 3. The van der Waals surface area contributed by atoms with Crippen LogP contribution < -0.4 is 10.6 Å². The Kier molecular flexibility index (Phi) is 5.69. The maximum atomic E-state index is 13.3. The average molecular weight is 390 g/mol. The van der Waals surface area contributed by atoms with Crippen molar-refractivity contribution < 1.29 is 18.0 Å². The molecule has 1 amide bonds. The normalized spacial score (nSPS) is 12.6. The van der Waals surface area contributed by atoms with Crippen molar-refractivity contribution in [2.75, 3.05) is 11.4 Å². The number of carbonyl (C=O) groups excluding carboxylic acids is 1. The molecule has 2 heterocycles. The van der Waals surface area contributed by atoms with Gasteiger partial charge in [0.15, 0.2) is 5.82 Å². The highest BCUT2D eigenvalue weighted by Crippen LogP contribution is 2.33. The quantitative estimate of drug-likeness (QED) is 0.674. The topological polar surface area (TPSA) is 101 Å². The van der Waals surface area contributed by atoms with Crippen molar-refractivity contribution in [3.63, 3.8) is 0 Å². The van der Waals surface area contributed by atoms with Gasteiger partial charge in [-0.25, -0.2) is 4.98 Å². The SMILES string of the molecule is NCCC(c1nc(-c2ccncc2)n[nH]1)N(C(=O)C(F)(F)F)c1ccccc1. The highest BCUT2D eigenvalue weighted by atomic mass is 19.4. The Labute approximate surface area is 158 Å². The monoisotopic (exact) mass is 390 g/mol. The molecule has 1 atom stereocenters.